The molecule has 2 aromatic carbocycles. The summed E-state index contributed by atoms with van der Waals surface area (Å²) in [6.07, 6.45) is 3.42. The van der Waals surface area contributed by atoms with Crippen LogP contribution in [-0.2, 0) is 7.05 Å². The van der Waals surface area contributed by atoms with Crippen molar-refractivity contribution in [3.63, 3.8) is 0 Å². The van der Waals surface area contributed by atoms with Crippen LogP contribution in [0.25, 0.3) is 27.8 Å². The number of hydrogen-bond acceptors (Lipinski definition) is 3. The zero-order valence-electron chi connectivity index (χ0n) is 18.0. The minimum atomic E-state index is -0.782. The number of hydrogen-bond donors (Lipinski definition) is 2. The zero-order chi connectivity index (χ0) is 23.3. The van der Waals surface area contributed by atoms with Crippen molar-refractivity contribution in [3.05, 3.63) is 76.2 Å². The normalized spacial score (nSPS) is 13.3. The van der Waals surface area contributed by atoms with Gasteiger partial charge in [0.15, 0.2) is 11.6 Å². The molecule has 2 aromatic heterocycles. The van der Waals surface area contributed by atoms with Gasteiger partial charge in [-0.25, -0.2) is 18.3 Å². The molecule has 1 saturated carbocycles. The third-order valence-corrected chi connectivity index (χ3v) is 5.77. The molecule has 5 rings (SSSR count). The number of nitrogens with one attached hydrogen (secondary N) is 2. The summed E-state index contributed by atoms with van der Waals surface area (Å²) in [7, 11) is 1.53. The van der Waals surface area contributed by atoms with E-state index in [0.717, 1.165) is 35.2 Å². The number of aryl methyl sites for hydroxylation is 2. The SMILES string of the molecule is Cc1ccc(NC(=O)NC2CC2)cc1-c1cc2cnn(-c3c(F)cccc3F)c2n(C)c1=O. The Hall–Kier alpha value is -4.01. The quantitative estimate of drug-likeness (QED) is 0.489. The molecule has 2 N–H and O–H groups in total. The highest BCUT2D eigenvalue weighted by Gasteiger charge is 2.23. The lowest BCUT2D eigenvalue weighted by Gasteiger charge is -2.13. The molecule has 1 aliphatic carbocycles. The van der Waals surface area contributed by atoms with Crippen molar-refractivity contribution in [2.45, 2.75) is 25.8 Å². The number of fused-ring (bicyclic) bond motifs is 1. The monoisotopic (exact) mass is 449 g/mol. The van der Waals surface area contributed by atoms with Crippen molar-refractivity contribution < 1.29 is 13.6 Å². The molecule has 0 atom stereocenters. The van der Waals surface area contributed by atoms with Crippen LogP contribution >= 0.6 is 0 Å². The predicted molar refractivity (Wildman–Crippen MR) is 122 cm³/mol. The fraction of sp³-hybridized carbons (Fsp3) is 0.208. The number of anilines is 1. The van der Waals surface area contributed by atoms with E-state index in [4.69, 9.17) is 0 Å². The van der Waals surface area contributed by atoms with E-state index in [1.54, 1.807) is 18.2 Å². The average Bonchev–Trinajstić information content (AvgIpc) is 3.49. The molecule has 2 heterocycles. The molecule has 0 unspecified atom stereocenters. The third kappa shape index (κ3) is 3.75. The maximum Gasteiger partial charge on any atom is 0.319 e. The minimum absolute atomic E-state index is 0.223. The highest BCUT2D eigenvalue weighted by molar-refractivity contribution is 5.91. The number of pyridine rings is 1. The van der Waals surface area contributed by atoms with E-state index < -0.39 is 11.6 Å². The van der Waals surface area contributed by atoms with Crippen LogP contribution < -0.4 is 16.2 Å². The van der Waals surface area contributed by atoms with Crippen LogP contribution in [0.1, 0.15) is 18.4 Å². The fourth-order valence-electron chi connectivity index (χ4n) is 3.90. The smallest absolute Gasteiger partial charge is 0.319 e. The van der Waals surface area contributed by atoms with Crippen molar-refractivity contribution in [3.8, 4) is 16.8 Å². The van der Waals surface area contributed by atoms with Gasteiger partial charge in [-0.15, -0.1) is 0 Å². The number of aromatic nitrogens is 3. The molecule has 33 heavy (non-hydrogen) atoms. The highest BCUT2D eigenvalue weighted by Crippen LogP contribution is 2.28. The van der Waals surface area contributed by atoms with Crippen LogP contribution in [0.2, 0.25) is 0 Å². The third-order valence-electron chi connectivity index (χ3n) is 5.77. The molecule has 0 aliphatic heterocycles. The molecule has 2 amide bonds. The first-order chi connectivity index (χ1) is 15.8. The Morgan fingerprint density at radius 2 is 1.82 bits per heavy atom. The van der Waals surface area contributed by atoms with Gasteiger partial charge in [-0.05, 0) is 61.2 Å². The molecule has 0 bridgehead atoms. The number of para-hydroxylation sites is 1. The summed E-state index contributed by atoms with van der Waals surface area (Å²) in [5, 5.41) is 10.4. The van der Waals surface area contributed by atoms with E-state index >= 15 is 0 Å². The molecule has 0 radical (unpaired) electrons. The standard InChI is InChI=1S/C24H21F2N5O2/c1-13-6-7-16(29-24(33)28-15-8-9-15)11-17(13)18-10-14-12-27-31(22(14)30(2)23(18)32)21-19(25)4-3-5-20(21)26/h3-7,10-12,15H,8-9H2,1-2H3,(H2,28,29,33). The van der Waals surface area contributed by atoms with Crippen molar-refractivity contribution in [1.82, 2.24) is 19.7 Å². The molecule has 9 heteroatoms. The van der Waals surface area contributed by atoms with Gasteiger partial charge in [0, 0.05) is 29.7 Å². The van der Waals surface area contributed by atoms with Gasteiger partial charge >= 0.3 is 6.03 Å². The van der Waals surface area contributed by atoms with Crippen molar-refractivity contribution in [2.24, 2.45) is 7.05 Å². The largest absolute Gasteiger partial charge is 0.335 e. The minimum Gasteiger partial charge on any atom is -0.335 e. The van der Waals surface area contributed by atoms with Gasteiger partial charge < -0.3 is 10.6 Å². The summed E-state index contributed by atoms with van der Waals surface area (Å²) < 4.78 is 31.2. The molecule has 0 spiro atoms. The Labute approximate surface area is 187 Å². The van der Waals surface area contributed by atoms with E-state index in [2.05, 4.69) is 15.7 Å². The molecule has 4 aromatic rings. The second kappa shape index (κ2) is 7.84. The summed E-state index contributed by atoms with van der Waals surface area (Å²) in [4.78, 5) is 25.4. The maximum atomic E-state index is 14.4. The van der Waals surface area contributed by atoms with E-state index in [-0.39, 0.29) is 29.0 Å². The first kappa shape index (κ1) is 20.9. The number of urea groups is 1. The van der Waals surface area contributed by atoms with Crippen LogP contribution in [0.3, 0.4) is 0 Å². The molecule has 168 valence electrons. The molecule has 7 nitrogen and oxygen atoms in total. The first-order valence-corrected chi connectivity index (χ1v) is 10.5. The summed E-state index contributed by atoms with van der Waals surface area (Å²) in [5.41, 5.74) is 1.99. The van der Waals surface area contributed by atoms with Gasteiger partial charge in [-0.3, -0.25) is 9.36 Å². The highest BCUT2D eigenvalue weighted by atomic mass is 19.1. The van der Waals surface area contributed by atoms with E-state index in [1.807, 2.05) is 13.0 Å². The van der Waals surface area contributed by atoms with Crippen molar-refractivity contribution in [2.75, 3.05) is 5.32 Å². The Balaban J connectivity index is 1.60. The molecule has 1 aliphatic rings. The number of benzene rings is 2. The van der Waals surface area contributed by atoms with Crippen molar-refractivity contribution in [1.29, 1.82) is 0 Å². The van der Waals surface area contributed by atoms with Crippen LogP contribution in [0.4, 0.5) is 19.3 Å². The molecular formula is C24H21F2N5O2. The maximum absolute atomic E-state index is 14.4. The Kier molecular flexibility index (Phi) is 4.96. The summed E-state index contributed by atoms with van der Waals surface area (Å²) in [6, 6.07) is 10.5. The van der Waals surface area contributed by atoms with E-state index in [0.29, 0.717) is 22.2 Å². The second-order valence-electron chi connectivity index (χ2n) is 8.23. The van der Waals surface area contributed by atoms with Gasteiger partial charge in [0.2, 0.25) is 0 Å². The lowest BCUT2D eigenvalue weighted by atomic mass is 10.00. The van der Waals surface area contributed by atoms with Crippen LogP contribution in [-0.4, -0.2) is 26.4 Å². The van der Waals surface area contributed by atoms with Crippen LogP contribution in [0, 0.1) is 18.6 Å². The Morgan fingerprint density at radius 1 is 1.09 bits per heavy atom. The average molecular weight is 449 g/mol. The number of carbonyl (C=O) groups is 1. The lowest BCUT2D eigenvalue weighted by molar-refractivity contribution is 0.251. The number of carbonyl (C=O) groups excluding carboxylic acids is 1. The number of nitrogens with zero attached hydrogens (tertiary/aromatic N) is 3. The van der Waals surface area contributed by atoms with Crippen LogP contribution in [0.5, 0.6) is 0 Å². The van der Waals surface area contributed by atoms with Gasteiger partial charge in [0.05, 0.1) is 6.20 Å². The summed E-state index contributed by atoms with van der Waals surface area (Å²) in [5.74, 6) is -1.56. The van der Waals surface area contributed by atoms with Gasteiger partial charge in [0.25, 0.3) is 5.56 Å². The predicted octanol–water partition coefficient (Wildman–Crippen LogP) is 4.26. The van der Waals surface area contributed by atoms with Gasteiger partial charge in [-0.1, -0.05) is 12.1 Å². The Bertz CT molecular complexity index is 1450. The first-order valence-electron chi connectivity index (χ1n) is 10.5. The number of rotatable bonds is 4. The van der Waals surface area contributed by atoms with Gasteiger partial charge in [-0.2, -0.15) is 5.10 Å². The summed E-state index contributed by atoms with van der Waals surface area (Å²) in [6.45, 7) is 1.87. The van der Waals surface area contributed by atoms with E-state index in [1.165, 1.54) is 23.9 Å². The lowest BCUT2D eigenvalue weighted by Crippen LogP contribution is -2.30. The second-order valence-corrected chi connectivity index (χ2v) is 8.23. The Morgan fingerprint density at radius 3 is 2.52 bits per heavy atom. The van der Waals surface area contributed by atoms with E-state index in [9.17, 15) is 18.4 Å². The number of amides is 2. The van der Waals surface area contributed by atoms with Crippen molar-refractivity contribution >= 4 is 22.8 Å². The topological polar surface area (TPSA) is 81.0 Å². The van der Waals surface area contributed by atoms with Gasteiger partial charge in [0.1, 0.15) is 11.3 Å². The molecular weight excluding hydrogens is 428 g/mol. The fourth-order valence-corrected chi connectivity index (χ4v) is 3.90. The molecule has 1 fully saturated rings. The molecule has 0 saturated heterocycles. The number of halogens is 2. The summed E-state index contributed by atoms with van der Waals surface area (Å²) >= 11 is 0. The zero-order valence-corrected chi connectivity index (χ0v) is 18.0. The van der Waals surface area contributed by atoms with Crippen LogP contribution in [0.15, 0.2) is 53.5 Å².